The van der Waals surface area contributed by atoms with Gasteiger partial charge < -0.3 is 5.11 Å². The fraction of sp³-hybridized carbons (Fsp3) is 0.714. The quantitative estimate of drug-likeness (QED) is 0.631. The number of aryl methyl sites for hydroxylation is 1. The number of tetrazole rings is 1. The average Bonchev–Trinajstić information content (AvgIpc) is 2.62. The summed E-state index contributed by atoms with van der Waals surface area (Å²) in [5.74, 6) is -0.853. The van der Waals surface area contributed by atoms with Crippen molar-refractivity contribution >= 4 is 17.0 Å². The standard InChI is InChI=1S/C7H13N5O4S/c1-5(7(13)14)11(2)16-17(15)4-6-8-10-12(3)9-6/h5H,4H2,1-3H3,(H,13,14). The molecule has 0 aromatic carbocycles. The van der Waals surface area contributed by atoms with Crippen LogP contribution in [0.25, 0.3) is 0 Å². The summed E-state index contributed by atoms with van der Waals surface area (Å²) < 4.78 is 16.4. The van der Waals surface area contributed by atoms with Crippen molar-refractivity contribution in [1.82, 2.24) is 25.3 Å². The Morgan fingerprint density at radius 2 is 2.35 bits per heavy atom. The molecule has 0 spiro atoms. The number of hydrogen-bond acceptors (Lipinski definition) is 7. The number of aromatic nitrogens is 4. The molecule has 2 atom stereocenters. The van der Waals surface area contributed by atoms with E-state index in [4.69, 9.17) is 9.39 Å². The Morgan fingerprint density at radius 1 is 1.71 bits per heavy atom. The first-order valence-electron chi connectivity index (χ1n) is 4.65. The van der Waals surface area contributed by atoms with Crippen molar-refractivity contribution in [3.8, 4) is 0 Å². The summed E-state index contributed by atoms with van der Waals surface area (Å²) in [5.41, 5.74) is 0. The smallest absolute Gasteiger partial charge is 0.323 e. The summed E-state index contributed by atoms with van der Waals surface area (Å²) in [6.07, 6.45) is 0. The molecule has 0 saturated carbocycles. The van der Waals surface area contributed by atoms with E-state index in [0.29, 0.717) is 0 Å². The number of carboxylic acid groups (broad SMARTS) is 1. The van der Waals surface area contributed by atoms with E-state index >= 15 is 0 Å². The molecule has 1 rings (SSSR count). The second-order valence-corrected chi connectivity index (χ2v) is 4.32. The highest BCUT2D eigenvalue weighted by Gasteiger charge is 2.20. The molecule has 2 unspecified atom stereocenters. The first kappa shape index (κ1) is 13.7. The van der Waals surface area contributed by atoms with Crippen molar-refractivity contribution in [1.29, 1.82) is 0 Å². The molecule has 0 bridgehead atoms. The Morgan fingerprint density at radius 3 is 2.82 bits per heavy atom. The number of rotatable bonds is 6. The van der Waals surface area contributed by atoms with Gasteiger partial charge >= 0.3 is 5.97 Å². The molecule has 0 aliphatic heterocycles. The zero-order valence-corrected chi connectivity index (χ0v) is 10.4. The number of hydrogen-bond donors (Lipinski definition) is 1. The largest absolute Gasteiger partial charge is 0.480 e. The monoisotopic (exact) mass is 263 g/mol. The number of hydroxylamine groups is 2. The van der Waals surface area contributed by atoms with Crippen molar-refractivity contribution < 1.29 is 18.4 Å². The molecule has 10 heteroatoms. The molecule has 17 heavy (non-hydrogen) atoms. The van der Waals surface area contributed by atoms with Crippen LogP contribution in [-0.4, -0.2) is 53.6 Å². The van der Waals surface area contributed by atoms with Gasteiger partial charge in [0.05, 0.1) is 7.05 Å². The zero-order valence-electron chi connectivity index (χ0n) is 9.60. The Balaban J connectivity index is 2.47. The first-order chi connectivity index (χ1) is 7.90. The van der Waals surface area contributed by atoms with Gasteiger partial charge in [0.15, 0.2) is 16.9 Å². The van der Waals surface area contributed by atoms with E-state index in [0.717, 1.165) is 5.06 Å². The maximum Gasteiger partial charge on any atom is 0.323 e. The van der Waals surface area contributed by atoms with Crippen LogP contribution in [-0.2, 0) is 33.0 Å². The van der Waals surface area contributed by atoms with Gasteiger partial charge in [0.1, 0.15) is 11.8 Å². The van der Waals surface area contributed by atoms with Crippen LogP contribution in [0.5, 0.6) is 0 Å². The molecule has 0 fully saturated rings. The third kappa shape index (κ3) is 4.17. The fourth-order valence-electron chi connectivity index (χ4n) is 0.864. The summed E-state index contributed by atoms with van der Waals surface area (Å²) in [6, 6.07) is -0.895. The molecule has 1 heterocycles. The summed E-state index contributed by atoms with van der Waals surface area (Å²) in [5, 5.41) is 20.7. The lowest BCUT2D eigenvalue weighted by molar-refractivity contribution is -0.153. The average molecular weight is 263 g/mol. The van der Waals surface area contributed by atoms with Crippen LogP contribution < -0.4 is 0 Å². The van der Waals surface area contributed by atoms with Crippen LogP contribution in [0.15, 0.2) is 0 Å². The van der Waals surface area contributed by atoms with Crippen molar-refractivity contribution in [2.45, 2.75) is 18.7 Å². The van der Waals surface area contributed by atoms with E-state index in [1.54, 1.807) is 7.05 Å². The summed E-state index contributed by atoms with van der Waals surface area (Å²) in [6.45, 7) is 1.42. The Kier molecular flexibility index (Phi) is 4.66. The van der Waals surface area contributed by atoms with E-state index in [9.17, 15) is 9.00 Å². The summed E-state index contributed by atoms with van der Waals surface area (Å²) in [4.78, 5) is 11.9. The molecule has 9 nitrogen and oxygen atoms in total. The van der Waals surface area contributed by atoms with E-state index in [1.165, 1.54) is 18.8 Å². The number of aliphatic carboxylic acids is 1. The van der Waals surface area contributed by atoms with Crippen molar-refractivity contribution in [3.05, 3.63) is 5.82 Å². The second kappa shape index (κ2) is 5.80. The van der Waals surface area contributed by atoms with Gasteiger partial charge in [0.2, 0.25) is 0 Å². The Bertz CT molecular complexity index is 422. The molecule has 0 amide bonds. The van der Waals surface area contributed by atoms with Crippen LogP contribution >= 0.6 is 0 Å². The summed E-state index contributed by atoms with van der Waals surface area (Å²) >= 11 is -1.74. The van der Waals surface area contributed by atoms with Gasteiger partial charge in [-0.3, -0.25) is 4.79 Å². The highest BCUT2D eigenvalue weighted by atomic mass is 32.2. The number of likely N-dealkylation sites (N-methyl/N-ethyl adjacent to an activating group) is 1. The normalized spacial score (nSPS) is 14.8. The maximum absolute atomic E-state index is 11.5. The lowest BCUT2D eigenvalue weighted by Gasteiger charge is -2.18. The van der Waals surface area contributed by atoms with Crippen LogP contribution in [0, 0.1) is 0 Å². The zero-order chi connectivity index (χ0) is 13.0. The van der Waals surface area contributed by atoms with E-state index in [2.05, 4.69) is 15.4 Å². The van der Waals surface area contributed by atoms with Crippen LogP contribution in [0.1, 0.15) is 12.7 Å². The third-order valence-corrected chi connectivity index (χ3v) is 2.80. The molecule has 1 aromatic heterocycles. The topological polar surface area (TPSA) is 110 Å². The van der Waals surface area contributed by atoms with Crippen molar-refractivity contribution in [3.63, 3.8) is 0 Å². The van der Waals surface area contributed by atoms with E-state index in [1.807, 2.05) is 0 Å². The fourth-order valence-corrected chi connectivity index (χ4v) is 1.63. The van der Waals surface area contributed by atoms with Crippen molar-refractivity contribution in [2.24, 2.45) is 7.05 Å². The van der Waals surface area contributed by atoms with Gasteiger partial charge in [-0.15, -0.1) is 10.2 Å². The van der Waals surface area contributed by atoms with Crippen LogP contribution in [0.2, 0.25) is 0 Å². The van der Waals surface area contributed by atoms with Crippen LogP contribution in [0.3, 0.4) is 0 Å². The van der Waals surface area contributed by atoms with Crippen molar-refractivity contribution in [2.75, 3.05) is 7.05 Å². The summed E-state index contributed by atoms with van der Waals surface area (Å²) in [7, 11) is 2.97. The third-order valence-electron chi connectivity index (χ3n) is 1.90. The van der Waals surface area contributed by atoms with Gasteiger partial charge in [-0.2, -0.15) is 14.1 Å². The van der Waals surface area contributed by atoms with E-state index in [-0.39, 0.29) is 11.6 Å². The van der Waals surface area contributed by atoms with Gasteiger partial charge in [0, 0.05) is 7.05 Å². The molecule has 1 N–H and O–H groups in total. The molecular weight excluding hydrogens is 250 g/mol. The lowest BCUT2D eigenvalue weighted by atomic mass is 10.3. The maximum atomic E-state index is 11.5. The molecule has 96 valence electrons. The minimum atomic E-state index is -1.74. The van der Waals surface area contributed by atoms with Gasteiger partial charge in [-0.25, -0.2) is 4.21 Å². The Hall–Kier alpha value is -1.39. The van der Waals surface area contributed by atoms with Gasteiger partial charge in [-0.05, 0) is 12.1 Å². The first-order valence-corrected chi connectivity index (χ1v) is 5.90. The number of nitrogens with zero attached hydrogens (tertiary/aromatic N) is 5. The lowest BCUT2D eigenvalue weighted by Crippen LogP contribution is -2.36. The predicted octanol–water partition coefficient (Wildman–Crippen LogP) is -1.29. The number of carbonyl (C=O) groups is 1. The highest BCUT2D eigenvalue weighted by Crippen LogP contribution is 2.03. The molecule has 0 aliphatic rings. The SMILES string of the molecule is CC(C(=O)O)N(C)OS(=O)Cc1nnn(C)n1. The molecule has 0 saturated heterocycles. The second-order valence-electron chi connectivity index (χ2n) is 3.28. The molecule has 0 aliphatic carbocycles. The van der Waals surface area contributed by atoms with Crippen LogP contribution in [0.4, 0.5) is 0 Å². The van der Waals surface area contributed by atoms with Gasteiger partial charge in [-0.1, -0.05) is 0 Å². The predicted molar refractivity (Wildman–Crippen MR) is 56.6 cm³/mol. The highest BCUT2D eigenvalue weighted by molar-refractivity contribution is 7.79. The molecule has 1 aromatic rings. The van der Waals surface area contributed by atoms with Gasteiger partial charge in [0.25, 0.3) is 0 Å². The molecule has 0 radical (unpaired) electrons. The van der Waals surface area contributed by atoms with E-state index < -0.39 is 23.1 Å². The molecular formula is C7H13N5O4S. The number of carboxylic acids is 1. The minimum Gasteiger partial charge on any atom is -0.480 e. The minimum absolute atomic E-state index is 0.0511. The Labute approximate surface area is 100.0 Å².